The molecule has 0 spiro atoms. The van der Waals surface area contributed by atoms with Gasteiger partial charge in [0.2, 0.25) is 0 Å². The van der Waals surface area contributed by atoms with E-state index in [1.54, 1.807) is 0 Å². The van der Waals surface area contributed by atoms with Crippen molar-refractivity contribution in [3.8, 4) is 0 Å². The molecular formula is C96H160NO8+. The normalized spacial score (nSPS) is 13.6. The molecule has 0 aromatic heterocycles. The lowest BCUT2D eigenvalue weighted by Crippen LogP contribution is -2.40. The lowest BCUT2D eigenvalue weighted by molar-refractivity contribution is -0.870. The third-order valence-electron chi connectivity index (χ3n) is 18.2. The maximum absolute atomic E-state index is 13.0. The first-order valence-corrected chi connectivity index (χ1v) is 42.9. The summed E-state index contributed by atoms with van der Waals surface area (Å²) in [4.78, 5) is 37.8. The first kappa shape index (κ1) is 99.4. The van der Waals surface area contributed by atoms with Gasteiger partial charge in [-0.3, -0.25) is 9.59 Å². The van der Waals surface area contributed by atoms with Crippen molar-refractivity contribution in [3.63, 3.8) is 0 Å². The highest BCUT2D eigenvalue weighted by Gasteiger charge is 2.25. The average molecular weight is 1460 g/mol. The summed E-state index contributed by atoms with van der Waals surface area (Å²) in [7, 11) is 5.98. The molecule has 596 valence electrons. The van der Waals surface area contributed by atoms with Crippen LogP contribution in [-0.4, -0.2) is 87.4 Å². The van der Waals surface area contributed by atoms with Crippen LogP contribution in [0.3, 0.4) is 0 Å². The van der Waals surface area contributed by atoms with E-state index in [-0.39, 0.29) is 32.2 Å². The molecule has 0 bridgehead atoms. The number of allylic oxidation sites excluding steroid dienone is 30. The number of carbonyl (C=O) groups is 3. The molecule has 0 fully saturated rings. The van der Waals surface area contributed by atoms with Gasteiger partial charge >= 0.3 is 17.9 Å². The predicted octanol–water partition coefficient (Wildman–Crippen LogP) is 28.3. The fraction of sp³-hybridized carbons (Fsp3) is 0.656. The van der Waals surface area contributed by atoms with Gasteiger partial charge in [-0.05, 0) is 135 Å². The molecule has 0 radical (unpaired) electrons. The van der Waals surface area contributed by atoms with Crippen LogP contribution in [-0.2, 0) is 33.3 Å². The molecule has 1 N–H and O–H groups in total. The second-order valence-electron chi connectivity index (χ2n) is 29.4. The number of unbranched alkanes of at least 4 members (excludes halogenated alkanes) is 33. The Hall–Kier alpha value is -5.61. The second kappa shape index (κ2) is 84.0. The average Bonchev–Trinajstić information content (AvgIpc) is 1.97. The van der Waals surface area contributed by atoms with Gasteiger partial charge in [0.15, 0.2) is 6.10 Å². The second-order valence-corrected chi connectivity index (χ2v) is 29.4. The van der Waals surface area contributed by atoms with Gasteiger partial charge in [-0.15, -0.1) is 0 Å². The van der Waals surface area contributed by atoms with Crippen molar-refractivity contribution in [1.82, 2.24) is 0 Å². The molecule has 105 heavy (non-hydrogen) atoms. The van der Waals surface area contributed by atoms with Crippen LogP contribution >= 0.6 is 0 Å². The number of rotatable bonds is 78. The highest BCUT2D eigenvalue weighted by molar-refractivity contribution is 5.71. The van der Waals surface area contributed by atoms with Crippen molar-refractivity contribution in [1.29, 1.82) is 0 Å². The van der Waals surface area contributed by atoms with E-state index in [1.807, 2.05) is 21.1 Å². The van der Waals surface area contributed by atoms with Gasteiger partial charge in [0.1, 0.15) is 13.2 Å². The zero-order valence-electron chi connectivity index (χ0n) is 68.3. The Labute approximate surface area is 647 Å². The van der Waals surface area contributed by atoms with Crippen molar-refractivity contribution in [2.45, 2.75) is 360 Å². The van der Waals surface area contributed by atoms with Crippen molar-refractivity contribution < 1.29 is 42.9 Å². The first-order valence-electron chi connectivity index (χ1n) is 42.9. The van der Waals surface area contributed by atoms with E-state index in [0.717, 1.165) is 141 Å². The number of ether oxygens (including phenoxy) is 4. The summed E-state index contributed by atoms with van der Waals surface area (Å²) in [5.74, 6) is -2.00. The quantitative estimate of drug-likeness (QED) is 0.0211. The van der Waals surface area contributed by atoms with Crippen LogP contribution in [0.25, 0.3) is 0 Å². The summed E-state index contributed by atoms with van der Waals surface area (Å²) < 4.78 is 23.1. The monoisotopic (exact) mass is 1460 g/mol. The molecule has 0 aliphatic carbocycles. The smallest absolute Gasteiger partial charge is 0.361 e. The van der Waals surface area contributed by atoms with Crippen molar-refractivity contribution in [2.75, 3.05) is 47.5 Å². The number of esters is 2. The van der Waals surface area contributed by atoms with Crippen LogP contribution in [0, 0.1) is 0 Å². The zero-order valence-corrected chi connectivity index (χ0v) is 68.3. The molecule has 9 heteroatoms. The molecule has 0 aromatic rings. The summed E-state index contributed by atoms with van der Waals surface area (Å²) in [5, 5.41) is 9.79. The number of likely N-dealkylation sites (N-methyl/N-ethyl adjacent to an activating group) is 1. The van der Waals surface area contributed by atoms with Crippen molar-refractivity contribution >= 4 is 17.9 Å². The van der Waals surface area contributed by atoms with Crippen LogP contribution in [0.15, 0.2) is 182 Å². The molecule has 0 rings (SSSR count). The van der Waals surface area contributed by atoms with Crippen LogP contribution in [0.4, 0.5) is 0 Å². The lowest BCUT2D eigenvalue weighted by atomic mass is 10.0. The number of aliphatic carboxylic acids is 1. The minimum absolute atomic E-state index is 0.181. The number of carbonyl (C=O) groups excluding carboxylic acids is 2. The van der Waals surface area contributed by atoms with E-state index in [1.165, 1.54) is 173 Å². The van der Waals surface area contributed by atoms with Crippen LogP contribution < -0.4 is 0 Å². The van der Waals surface area contributed by atoms with E-state index < -0.39 is 24.3 Å². The summed E-state index contributed by atoms with van der Waals surface area (Å²) in [5.41, 5.74) is 0. The number of hydrogen-bond donors (Lipinski definition) is 1. The number of carboxylic acids is 1. The van der Waals surface area contributed by atoms with E-state index in [0.29, 0.717) is 23.9 Å². The highest BCUT2D eigenvalue weighted by atomic mass is 16.7. The third-order valence-corrected chi connectivity index (χ3v) is 18.2. The van der Waals surface area contributed by atoms with Crippen molar-refractivity contribution in [3.05, 3.63) is 182 Å². The maximum Gasteiger partial charge on any atom is 0.361 e. The highest BCUT2D eigenvalue weighted by Crippen LogP contribution is 2.18. The number of hydrogen-bond acceptors (Lipinski definition) is 7. The molecule has 0 aliphatic rings. The van der Waals surface area contributed by atoms with Gasteiger partial charge in [-0.25, -0.2) is 4.79 Å². The Morgan fingerprint density at radius 1 is 0.286 bits per heavy atom. The number of carboxylic acid groups (broad SMARTS) is 1. The van der Waals surface area contributed by atoms with Crippen LogP contribution in [0.2, 0.25) is 0 Å². The summed E-state index contributed by atoms with van der Waals surface area (Å²) in [6, 6.07) is 0. The standard InChI is InChI=1S/C96H159NO8/c1-6-8-10-12-14-16-18-20-22-24-26-28-30-32-34-36-38-40-42-44-46-47-49-50-52-54-56-58-60-62-64-66-68-70-72-74-76-78-80-82-84-86-93(98)103-90-92(91-104-96(95(100)101)102-89-88-97(3,4)5)105-94(99)87-85-83-81-79-77-75-73-71-69-67-65-63-61-59-57-55-53-51-48-45-43-41-39-37-35-33-31-29-27-25-23-21-19-17-15-13-11-9-7-2/h8-11,14-17,20-23,26-29,32-35,38-41,45,48,53,55,59,61,92,96H,6-7,12-13,18-19,24-25,30-31,36-37,42-44,46-47,49-52,54,56-58,60,62-91H2,1-5H3/p+1/b10-8-,11-9-,16-14-,17-15-,22-20-,23-21-,28-26-,29-27-,34-32-,35-33-,40-38-,41-39-,48-45-,55-53-,61-59-. The predicted molar refractivity (Wildman–Crippen MR) is 456 cm³/mol. The van der Waals surface area contributed by atoms with Gasteiger partial charge in [0.05, 0.1) is 34.4 Å². The zero-order chi connectivity index (χ0) is 76.0. The van der Waals surface area contributed by atoms with E-state index in [4.69, 9.17) is 18.9 Å². The van der Waals surface area contributed by atoms with Gasteiger partial charge in [0, 0.05) is 12.8 Å². The minimum Gasteiger partial charge on any atom is -0.477 e. The van der Waals surface area contributed by atoms with Gasteiger partial charge in [-0.1, -0.05) is 382 Å². The SMILES string of the molecule is CC/C=C\C/C=C\C/C=C\C/C=C\C/C=C\C/C=C\C/C=C\C/C=C\C/C=C\CCCCCCCCCCCCCC(=O)OC(COC(=O)CCCCCCCCCCCCCCCCCCCCCCCC/C=C\C/C=C\C/C=C\C/C=C\C/C=C\C/C=C\CC)COC(OCC[N+](C)(C)C)C(=O)O. The van der Waals surface area contributed by atoms with Gasteiger partial charge in [-0.2, -0.15) is 0 Å². The molecule has 9 nitrogen and oxygen atoms in total. The molecule has 0 heterocycles. The maximum atomic E-state index is 13.0. The fourth-order valence-corrected chi connectivity index (χ4v) is 11.7. The van der Waals surface area contributed by atoms with E-state index in [9.17, 15) is 19.5 Å². The van der Waals surface area contributed by atoms with Crippen LogP contribution in [0.1, 0.15) is 348 Å². The molecule has 0 aliphatic heterocycles. The Morgan fingerprint density at radius 3 is 0.762 bits per heavy atom. The molecule has 0 amide bonds. The Balaban J connectivity index is 4.03. The Kier molecular flexibility index (Phi) is 79.5. The molecule has 0 saturated heterocycles. The van der Waals surface area contributed by atoms with Crippen molar-refractivity contribution in [2.24, 2.45) is 0 Å². The Morgan fingerprint density at radius 2 is 0.514 bits per heavy atom. The van der Waals surface area contributed by atoms with E-state index >= 15 is 0 Å². The molecule has 2 unspecified atom stereocenters. The summed E-state index contributed by atoms with van der Waals surface area (Å²) >= 11 is 0. The van der Waals surface area contributed by atoms with Crippen LogP contribution in [0.5, 0.6) is 0 Å². The molecule has 0 saturated carbocycles. The molecule has 2 atom stereocenters. The Bertz CT molecular complexity index is 2400. The number of nitrogens with zero attached hydrogens (tertiary/aromatic N) is 1. The molecule has 0 aromatic carbocycles. The van der Waals surface area contributed by atoms with Gasteiger partial charge < -0.3 is 28.5 Å². The largest absolute Gasteiger partial charge is 0.477 e. The minimum atomic E-state index is -1.52. The van der Waals surface area contributed by atoms with E-state index in [2.05, 4.69) is 196 Å². The number of quaternary nitrogens is 1. The van der Waals surface area contributed by atoms with Gasteiger partial charge in [0.25, 0.3) is 6.29 Å². The summed E-state index contributed by atoms with van der Waals surface area (Å²) in [6.45, 7) is 4.66. The summed E-state index contributed by atoms with van der Waals surface area (Å²) in [6.07, 6.45) is 125. The third kappa shape index (κ3) is 85.5. The fourth-order valence-electron chi connectivity index (χ4n) is 11.7. The topological polar surface area (TPSA) is 108 Å². The first-order chi connectivity index (χ1) is 51.6. The molecular weight excluding hydrogens is 1300 g/mol. The lowest BCUT2D eigenvalue weighted by Gasteiger charge is -2.25.